The summed E-state index contributed by atoms with van der Waals surface area (Å²) in [4.78, 5) is 4.29. The van der Waals surface area contributed by atoms with Crippen molar-refractivity contribution in [1.82, 2.24) is 25.2 Å². The van der Waals surface area contributed by atoms with E-state index in [4.69, 9.17) is 0 Å². The first kappa shape index (κ1) is 11.6. The molecule has 0 spiro atoms. The average molecular weight is 247 g/mol. The van der Waals surface area contributed by atoms with Gasteiger partial charge < -0.3 is 15.7 Å². The highest BCUT2D eigenvalue weighted by molar-refractivity contribution is 5.45. The molecular formula is C12H17N5O. The van der Waals surface area contributed by atoms with Gasteiger partial charge in [-0.3, -0.25) is 0 Å². The van der Waals surface area contributed by atoms with Gasteiger partial charge >= 0.3 is 0 Å². The van der Waals surface area contributed by atoms with Crippen molar-refractivity contribution in [1.29, 1.82) is 0 Å². The van der Waals surface area contributed by atoms with Gasteiger partial charge in [-0.05, 0) is 19.0 Å². The quantitative estimate of drug-likeness (QED) is 0.682. The molecule has 2 aromatic heterocycles. The van der Waals surface area contributed by atoms with Crippen molar-refractivity contribution < 1.29 is 5.11 Å². The maximum atomic E-state index is 10.2. The number of rotatable bonds is 4. The first-order valence-corrected chi connectivity index (χ1v) is 6.18. The van der Waals surface area contributed by atoms with Crippen LogP contribution in [0, 0.1) is 0 Å². The fourth-order valence-corrected chi connectivity index (χ4v) is 2.31. The SMILES string of the molecule is OC1(CNCc2cnn3cccnc23)CCNC1. The van der Waals surface area contributed by atoms with Crippen molar-refractivity contribution in [3.63, 3.8) is 0 Å². The molecule has 1 unspecified atom stereocenters. The summed E-state index contributed by atoms with van der Waals surface area (Å²) in [5, 5.41) is 20.8. The van der Waals surface area contributed by atoms with Crippen LogP contribution in [0.15, 0.2) is 24.7 Å². The predicted octanol–water partition coefficient (Wildman–Crippen LogP) is -0.457. The third-order valence-corrected chi connectivity index (χ3v) is 3.34. The van der Waals surface area contributed by atoms with Gasteiger partial charge in [-0.2, -0.15) is 5.10 Å². The van der Waals surface area contributed by atoms with Crippen molar-refractivity contribution in [3.05, 3.63) is 30.2 Å². The molecule has 0 aliphatic carbocycles. The fraction of sp³-hybridized carbons (Fsp3) is 0.500. The number of aliphatic hydroxyl groups is 1. The molecule has 96 valence electrons. The summed E-state index contributed by atoms with van der Waals surface area (Å²) in [6.45, 7) is 2.80. The molecule has 1 aliphatic rings. The molecule has 0 radical (unpaired) electrons. The Morgan fingerprint density at radius 2 is 2.50 bits per heavy atom. The molecule has 1 atom stereocenters. The highest BCUT2D eigenvalue weighted by Gasteiger charge is 2.30. The van der Waals surface area contributed by atoms with Crippen molar-refractivity contribution >= 4 is 5.65 Å². The normalized spacial score (nSPS) is 23.8. The molecule has 0 bridgehead atoms. The molecule has 0 amide bonds. The molecule has 1 saturated heterocycles. The molecule has 1 aliphatic heterocycles. The summed E-state index contributed by atoms with van der Waals surface area (Å²) in [7, 11) is 0. The van der Waals surface area contributed by atoms with E-state index in [1.807, 2.05) is 18.5 Å². The third kappa shape index (κ3) is 2.22. The second kappa shape index (κ2) is 4.64. The van der Waals surface area contributed by atoms with E-state index in [1.54, 1.807) is 10.7 Å². The smallest absolute Gasteiger partial charge is 0.159 e. The Hall–Kier alpha value is -1.50. The van der Waals surface area contributed by atoms with Crippen molar-refractivity contribution in [2.24, 2.45) is 0 Å². The second-order valence-electron chi connectivity index (χ2n) is 4.81. The van der Waals surface area contributed by atoms with Crippen LogP contribution >= 0.6 is 0 Å². The van der Waals surface area contributed by atoms with E-state index < -0.39 is 5.60 Å². The van der Waals surface area contributed by atoms with Crippen molar-refractivity contribution in [2.45, 2.75) is 18.6 Å². The highest BCUT2D eigenvalue weighted by Crippen LogP contribution is 2.13. The number of aromatic nitrogens is 3. The number of hydrogen-bond donors (Lipinski definition) is 3. The third-order valence-electron chi connectivity index (χ3n) is 3.34. The lowest BCUT2D eigenvalue weighted by molar-refractivity contribution is 0.0609. The Morgan fingerprint density at radius 3 is 3.33 bits per heavy atom. The topological polar surface area (TPSA) is 74.5 Å². The van der Waals surface area contributed by atoms with E-state index in [-0.39, 0.29) is 0 Å². The molecule has 6 heteroatoms. The Balaban J connectivity index is 1.63. The number of β-amino-alcohol motifs (C(OH)–C–C–N with tert-alkyl or cyclic N) is 1. The van der Waals surface area contributed by atoms with Gasteiger partial charge in [-0.15, -0.1) is 0 Å². The van der Waals surface area contributed by atoms with Gasteiger partial charge in [0.2, 0.25) is 0 Å². The number of hydrogen-bond acceptors (Lipinski definition) is 5. The van der Waals surface area contributed by atoms with Gasteiger partial charge in [0, 0.05) is 37.6 Å². The highest BCUT2D eigenvalue weighted by atomic mass is 16.3. The van der Waals surface area contributed by atoms with Crippen LogP contribution in [-0.2, 0) is 6.54 Å². The largest absolute Gasteiger partial charge is 0.387 e. The Kier molecular flexibility index (Phi) is 2.99. The van der Waals surface area contributed by atoms with Gasteiger partial charge in [-0.1, -0.05) is 0 Å². The Bertz CT molecular complexity index is 532. The zero-order valence-electron chi connectivity index (χ0n) is 10.1. The maximum absolute atomic E-state index is 10.2. The number of nitrogens with one attached hydrogen (secondary N) is 2. The van der Waals surface area contributed by atoms with E-state index in [0.29, 0.717) is 19.6 Å². The van der Waals surface area contributed by atoms with E-state index in [2.05, 4.69) is 20.7 Å². The van der Waals surface area contributed by atoms with Crippen LogP contribution in [0.5, 0.6) is 0 Å². The molecule has 18 heavy (non-hydrogen) atoms. The van der Waals surface area contributed by atoms with E-state index in [9.17, 15) is 5.11 Å². The van der Waals surface area contributed by atoms with Crippen LogP contribution < -0.4 is 10.6 Å². The standard InChI is InChI=1S/C12H17N5O/c18-12(2-4-13-8-12)9-14-6-10-7-16-17-5-1-3-15-11(10)17/h1,3,5,7,13-14,18H,2,4,6,8-9H2. The summed E-state index contributed by atoms with van der Waals surface area (Å²) in [6.07, 6.45) is 6.24. The van der Waals surface area contributed by atoms with Gasteiger partial charge in [-0.25, -0.2) is 9.50 Å². The molecule has 0 saturated carbocycles. The fourth-order valence-electron chi connectivity index (χ4n) is 2.31. The van der Waals surface area contributed by atoms with Crippen LogP contribution in [0.2, 0.25) is 0 Å². The summed E-state index contributed by atoms with van der Waals surface area (Å²) < 4.78 is 1.75. The molecule has 0 aromatic carbocycles. The summed E-state index contributed by atoms with van der Waals surface area (Å²) in [5.74, 6) is 0. The molecule has 3 N–H and O–H groups in total. The maximum Gasteiger partial charge on any atom is 0.159 e. The minimum Gasteiger partial charge on any atom is -0.387 e. The van der Waals surface area contributed by atoms with Gasteiger partial charge in [0.1, 0.15) is 0 Å². The first-order chi connectivity index (χ1) is 8.77. The number of fused-ring (bicyclic) bond motifs is 1. The van der Waals surface area contributed by atoms with Crippen LogP contribution in [0.1, 0.15) is 12.0 Å². The van der Waals surface area contributed by atoms with Crippen LogP contribution in [0.3, 0.4) is 0 Å². The average Bonchev–Trinajstić information content (AvgIpc) is 2.97. The summed E-state index contributed by atoms with van der Waals surface area (Å²) in [5.41, 5.74) is 1.29. The molecular weight excluding hydrogens is 230 g/mol. The molecule has 3 heterocycles. The summed E-state index contributed by atoms with van der Waals surface area (Å²) >= 11 is 0. The van der Waals surface area contributed by atoms with Crippen LogP contribution in [-0.4, -0.2) is 44.9 Å². The zero-order chi connectivity index (χ0) is 12.4. The lowest BCUT2D eigenvalue weighted by Gasteiger charge is -2.21. The molecule has 6 nitrogen and oxygen atoms in total. The van der Waals surface area contributed by atoms with Crippen LogP contribution in [0.4, 0.5) is 0 Å². The monoisotopic (exact) mass is 247 g/mol. The van der Waals surface area contributed by atoms with Crippen molar-refractivity contribution in [2.75, 3.05) is 19.6 Å². The molecule has 3 rings (SSSR count). The second-order valence-corrected chi connectivity index (χ2v) is 4.81. The van der Waals surface area contributed by atoms with Crippen molar-refractivity contribution in [3.8, 4) is 0 Å². The Labute approximate surface area is 105 Å². The van der Waals surface area contributed by atoms with Gasteiger partial charge in [0.05, 0.1) is 11.8 Å². The van der Waals surface area contributed by atoms with Crippen LogP contribution in [0.25, 0.3) is 5.65 Å². The molecule has 1 fully saturated rings. The van der Waals surface area contributed by atoms with E-state index >= 15 is 0 Å². The van der Waals surface area contributed by atoms with E-state index in [1.165, 1.54) is 0 Å². The lowest BCUT2D eigenvalue weighted by atomic mass is 10.0. The summed E-state index contributed by atoms with van der Waals surface area (Å²) in [6, 6.07) is 1.85. The minimum absolute atomic E-state index is 0.587. The lowest BCUT2D eigenvalue weighted by Crippen LogP contribution is -2.42. The van der Waals surface area contributed by atoms with E-state index in [0.717, 1.165) is 24.2 Å². The molecule has 2 aromatic rings. The van der Waals surface area contributed by atoms with Gasteiger partial charge in [0.25, 0.3) is 0 Å². The van der Waals surface area contributed by atoms with Gasteiger partial charge in [0.15, 0.2) is 5.65 Å². The number of nitrogens with zero attached hydrogens (tertiary/aromatic N) is 3. The Morgan fingerprint density at radius 1 is 1.56 bits per heavy atom. The predicted molar refractivity (Wildman–Crippen MR) is 67.1 cm³/mol. The first-order valence-electron chi connectivity index (χ1n) is 6.18. The zero-order valence-corrected chi connectivity index (χ0v) is 10.1. The minimum atomic E-state index is -0.615.